The summed E-state index contributed by atoms with van der Waals surface area (Å²) in [6.07, 6.45) is 1.12. The van der Waals surface area contributed by atoms with Gasteiger partial charge in [0.1, 0.15) is 6.33 Å². The van der Waals surface area contributed by atoms with Crippen molar-refractivity contribution in [1.29, 1.82) is 5.26 Å². The van der Waals surface area contributed by atoms with E-state index in [4.69, 9.17) is 23.2 Å². The quantitative estimate of drug-likeness (QED) is 0.173. The van der Waals surface area contributed by atoms with Gasteiger partial charge in [0.15, 0.2) is 0 Å². The van der Waals surface area contributed by atoms with E-state index in [2.05, 4.69) is 26.7 Å². The number of hydrogen-bond donors (Lipinski definition) is 2. The molecule has 3 aromatic carbocycles. The molecule has 0 amide bonds. The molecule has 4 rings (SSSR count). The van der Waals surface area contributed by atoms with Gasteiger partial charge in [0, 0.05) is 33.6 Å². The molecule has 0 spiro atoms. The molecule has 1 aromatic heterocycles. The van der Waals surface area contributed by atoms with Crippen molar-refractivity contribution in [1.82, 2.24) is 9.97 Å². The number of rotatable bonds is 8. The van der Waals surface area contributed by atoms with Crippen LogP contribution in [0.3, 0.4) is 0 Å². The van der Waals surface area contributed by atoms with Crippen molar-refractivity contribution in [3.05, 3.63) is 114 Å². The number of anilines is 4. The molecule has 4 aromatic rings. The fourth-order valence-corrected chi connectivity index (χ4v) is 4.13. The Kier molecular flexibility index (Phi) is 7.66. The zero-order valence-electron chi connectivity index (χ0n) is 19.6. The van der Waals surface area contributed by atoms with E-state index in [-0.39, 0.29) is 28.0 Å². The second-order valence-electron chi connectivity index (χ2n) is 8.04. The van der Waals surface area contributed by atoms with E-state index < -0.39 is 21.5 Å². The first-order chi connectivity index (χ1) is 18.2. The van der Waals surface area contributed by atoms with E-state index in [9.17, 15) is 25.5 Å². The molecule has 11 nitrogen and oxygen atoms in total. The molecule has 1 atom stereocenters. The van der Waals surface area contributed by atoms with Crippen LogP contribution in [0, 0.1) is 38.5 Å². The first-order valence-corrected chi connectivity index (χ1v) is 11.7. The Morgan fingerprint density at radius 3 is 2.26 bits per heavy atom. The Morgan fingerprint density at radius 1 is 0.947 bits per heavy atom. The number of nitro benzene ring substituents is 1. The molecule has 38 heavy (non-hydrogen) atoms. The third-order valence-electron chi connectivity index (χ3n) is 5.56. The van der Waals surface area contributed by atoms with Crippen molar-refractivity contribution < 1.29 is 9.85 Å². The number of aromatic nitrogens is 2. The van der Waals surface area contributed by atoms with E-state index >= 15 is 0 Å². The molecular formula is C25H17Cl2N7O4. The number of non-ortho nitro benzene ring substituents is 1. The van der Waals surface area contributed by atoms with Crippen molar-refractivity contribution in [3.8, 4) is 6.07 Å². The SMILES string of the molecule is Cc1cc(C(C#N)c2ccc(Cl)cc2)c(Cl)cc1Nc1ncnc(Nc2cccc([N+](=O)[O-])c2)c1[N+](=O)[O-]. The number of nitriles is 1. The number of hydrogen-bond acceptors (Lipinski definition) is 9. The molecule has 0 aliphatic heterocycles. The summed E-state index contributed by atoms with van der Waals surface area (Å²) in [7, 11) is 0. The zero-order valence-corrected chi connectivity index (χ0v) is 21.1. The monoisotopic (exact) mass is 549 g/mol. The summed E-state index contributed by atoms with van der Waals surface area (Å²) in [6, 6.07) is 17.9. The van der Waals surface area contributed by atoms with Crippen LogP contribution in [0.2, 0.25) is 10.0 Å². The normalized spacial score (nSPS) is 11.3. The lowest BCUT2D eigenvalue weighted by Gasteiger charge is -2.17. The average Bonchev–Trinajstić information content (AvgIpc) is 2.88. The lowest BCUT2D eigenvalue weighted by molar-refractivity contribution is -0.384. The van der Waals surface area contributed by atoms with Crippen LogP contribution in [-0.2, 0) is 0 Å². The van der Waals surface area contributed by atoms with E-state index in [0.717, 1.165) is 6.33 Å². The van der Waals surface area contributed by atoms with Crippen molar-refractivity contribution in [2.75, 3.05) is 10.6 Å². The van der Waals surface area contributed by atoms with Crippen molar-refractivity contribution in [2.45, 2.75) is 12.8 Å². The summed E-state index contributed by atoms with van der Waals surface area (Å²) in [6.45, 7) is 1.76. The fourth-order valence-electron chi connectivity index (χ4n) is 3.73. The minimum Gasteiger partial charge on any atom is -0.334 e. The zero-order chi connectivity index (χ0) is 27.4. The molecule has 2 N–H and O–H groups in total. The Bertz CT molecular complexity index is 1590. The molecular weight excluding hydrogens is 533 g/mol. The van der Waals surface area contributed by atoms with Crippen LogP contribution in [0.15, 0.2) is 67.0 Å². The van der Waals surface area contributed by atoms with Gasteiger partial charge in [0.25, 0.3) is 5.69 Å². The summed E-state index contributed by atoms with van der Waals surface area (Å²) in [5.41, 5.74) is 1.92. The smallest absolute Gasteiger partial charge is 0.334 e. The fraction of sp³-hybridized carbons (Fsp3) is 0.0800. The van der Waals surface area contributed by atoms with Gasteiger partial charge in [-0.25, -0.2) is 9.97 Å². The molecule has 13 heteroatoms. The summed E-state index contributed by atoms with van der Waals surface area (Å²) in [5.74, 6) is -0.952. The van der Waals surface area contributed by atoms with Gasteiger partial charge in [-0.15, -0.1) is 0 Å². The van der Waals surface area contributed by atoms with Gasteiger partial charge >= 0.3 is 5.69 Å². The highest BCUT2D eigenvalue weighted by atomic mass is 35.5. The van der Waals surface area contributed by atoms with Gasteiger partial charge in [-0.1, -0.05) is 47.5 Å². The van der Waals surface area contributed by atoms with Crippen molar-refractivity contribution in [2.24, 2.45) is 0 Å². The predicted octanol–water partition coefficient (Wildman–Crippen LogP) is 7.05. The van der Waals surface area contributed by atoms with Gasteiger partial charge < -0.3 is 10.6 Å². The molecule has 0 saturated carbocycles. The molecule has 1 heterocycles. The number of benzene rings is 3. The molecule has 0 bridgehead atoms. The van der Waals surface area contributed by atoms with E-state index in [1.165, 1.54) is 24.3 Å². The van der Waals surface area contributed by atoms with Crippen LogP contribution in [0.5, 0.6) is 0 Å². The van der Waals surface area contributed by atoms with Crippen molar-refractivity contribution in [3.63, 3.8) is 0 Å². The highest BCUT2D eigenvalue weighted by molar-refractivity contribution is 6.32. The first kappa shape index (κ1) is 26.3. The lowest BCUT2D eigenvalue weighted by atomic mass is 9.91. The van der Waals surface area contributed by atoms with Gasteiger partial charge in [0.2, 0.25) is 11.6 Å². The summed E-state index contributed by atoms with van der Waals surface area (Å²) >= 11 is 12.5. The molecule has 0 aliphatic rings. The summed E-state index contributed by atoms with van der Waals surface area (Å²) < 4.78 is 0. The highest BCUT2D eigenvalue weighted by Gasteiger charge is 2.25. The van der Waals surface area contributed by atoms with Crippen LogP contribution >= 0.6 is 23.2 Å². The maximum absolute atomic E-state index is 12.0. The van der Waals surface area contributed by atoms with Gasteiger partial charge in [-0.05, 0) is 47.9 Å². The lowest BCUT2D eigenvalue weighted by Crippen LogP contribution is -2.07. The standard InChI is InChI=1S/C25H17Cl2N7O4/c1-14-9-19(20(12-28)15-5-7-16(26)8-6-15)21(27)11-22(14)32-25-23(34(37)38)24(29-13-30-25)31-17-3-2-4-18(10-17)33(35)36/h2-11,13,20H,1H3,(H2,29,30,31,32). The maximum Gasteiger partial charge on any atom is 0.353 e. The summed E-state index contributed by atoms with van der Waals surface area (Å²) in [4.78, 5) is 29.8. The number of aryl methyl sites for hydroxylation is 1. The van der Waals surface area contributed by atoms with Crippen LogP contribution in [0.25, 0.3) is 0 Å². The van der Waals surface area contributed by atoms with E-state index in [1.54, 1.807) is 43.3 Å². The van der Waals surface area contributed by atoms with E-state index in [1.807, 2.05) is 0 Å². The molecule has 0 fully saturated rings. The Morgan fingerprint density at radius 2 is 1.63 bits per heavy atom. The van der Waals surface area contributed by atoms with Gasteiger partial charge in [-0.3, -0.25) is 20.2 Å². The highest BCUT2D eigenvalue weighted by Crippen LogP contribution is 2.38. The van der Waals surface area contributed by atoms with Crippen molar-refractivity contribution >= 4 is 57.6 Å². The number of halogens is 2. The Balaban J connectivity index is 1.68. The largest absolute Gasteiger partial charge is 0.353 e. The Hall–Kier alpha value is -4.79. The first-order valence-electron chi connectivity index (χ1n) is 10.9. The maximum atomic E-state index is 12.0. The number of nitro groups is 2. The van der Waals surface area contributed by atoms with Crippen LogP contribution in [0.1, 0.15) is 22.6 Å². The average molecular weight is 550 g/mol. The number of nitrogens with zero attached hydrogens (tertiary/aromatic N) is 5. The van der Waals surface area contributed by atoms with Gasteiger partial charge in [0.05, 0.1) is 21.8 Å². The third-order valence-corrected chi connectivity index (χ3v) is 6.14. The Labute approximate surface area is 226 Å². The minimum absolute atomic E-state index is 0.126. The summed E-state index contributed by atoms with van der Waals surface area (Å²) in [5, 5.41) is 39.4. The van der Waals surface area contributed by atoms with E-state index in [0.29, 0.717) is 27.4 Å². The predicted molar refractivity (Wildman–Crippen MR) is 143 cm³/mol. The number of nitrogens with one attached hydrogen (secondary N) is 2. The van der Waals surface area contributed by atoms with Crippen LogP contribution in [-0.4, -0.2) is 19.8 Å². The molecule has 0 saturated heterocycles. The molecule has 1 unspecified atom stereocenters. The molecule has 0 radical (unpaired) electrons. The van der Waals surface area contributed by atoms with Crippen LogP contribution < -0.4 is 10.6 Å². The molecule has 0 aliphatic carbocycles. The topological polar surface area (TPSA) is 160 Å². The van der Waals surface area contributed by atoms with Gasteiger partial charge in [-0.2, -0.15) is 5.26 Å². The molecule has 190 valence electrons. The third kappa shape index (κ3) is 5.62. The second-order valence-corrected chi connectivity index (χ2v) is 8.88. The minimum atomic E-state index is -0.667. The van der Waals surface area contributed by atoms with Crippen LogP contribution in [0.4, 0.5) is 34.4 Å². The second kappa shape index (κ2) is 11.1.